The number of hydrogen-bond donors (Lipinski definition) is 2. The van der Waals surface area contributed by atoms with Crippen molar-refractivity contribution < 1.29 is 15.0 Å². The number of carbonyl (C=O) groups is 1. The number of aliphatic hydroxyl groups is 2. The Kier molecular flexibility index (Phi) is 4.74. The summed E-state index contributed by atoms with van der Waals surface area (Å²) in [5, 5.41) is 28.2. The molecule has 0 spiro atoms. The third kappa shape index (κ3) is 2.93. The highest BCUT2D eigenvalue weighted by atomic mass is 32.2. The Balaban J connectivity index is 1.78. The van der Waals surface area contributed by atoms with Gasteiger partial charge in [0.2, 0.25) is 0 Å². The number of aliphatic hydroxyl groups excluding tert-OH is 2. The van der Waals surface area contributed by atoms with Crippen LogP contribution in [0.2, 0.25) is 0 Å². The Morgan fingerprint density at radius 3 is 1.95 bits per heavy atom. The normalized spacial score (nSPS) is 36.2. The lowest BCUT2D eigenvalue weighted by atomic mass is 10.0. The van der Waals surface area contributed by atoms with E-state index in [1.807, 2.05) is 27.7 Å². The van der Waals surface area contributed by atoms with Gasteiger partial charge in [0, 0.05) is 14.4 Å². The Morgan fingerprint density at radius 2 is 1.40 bits per heavy atom. The molecule has 3 nitrogen and oxygen atoms in total. The second-order valence-electron chi connectivity index (χ2n) is 4.43. The molecule has 0 saturated heterocycles. The van der Waals surface area contributed by atoms with Crippen LogP contribution in [0.1, 0.15) is 0 Å². The molecule has 1 fully saturated rings. The molecular weight excluding hydrogens is 332 g/mol. The van der Waals surface area contributed by atoms with Gasteiger partial charge in [0.1, 0.15) is 6.10 Å². The van der Waals surface area contributed by atoms with Crippen molar-refractivity contribution in [1.82, 2.24) is 0 Å². The first-order valence-electron chi connectivity index (χ1n) is 5.97. The van der Waals surface area contributed by atoms with E-state index < -0.39 is 24.0 Å². The molecule has 3 rings (SSSR count). The van der Waals surface area contributed by atoms with Gasteiger partial charge in [-0.15, -0.1) is 0 Å². The second-order valence-corrected chi connectivity index (χ2v) is 8.74. The Morgan fingerprint density at radius 1 is 0.900 bits per heavy atom. The molecule has 0 amide bonds. The largest absolute Gasteiger partial charge is 0.391 e. The Labute approximate surface area is 134 Å². The summed E-state index contributed by atoms with van der Waals surface area (Å²) >= 11 is 6.16. The lowest BCUT2D eigenvalue weighted by molar-refractivity contribution is -0.127. The predicted molar refractivity (Wildman–Crippen MR) is 88.8 cm³/mol. The summed E-state index contributed by atoms with van der Waals surface area (Å²) in [6.07, 6.45) is 1.61. The summed E-state index contributed by atoms with van der Waals surface area (Å²) in [5.74, 6) is -1.43. The minimum Gasteiger partial charge on any atom is -0.391 e. The van der Waals surface area contributed by atoms with E-state index in [9.17, 15) is 15.0 Å². The summed E-state index contributed by atoms with van der Waals surface area (Å²) in [6.45, 7) is 0. The van der Waals surface area contributed by atoms with E-state index in [-0.39, 0.29) is 5.78 Å². The zero-order valence-electron chi connectivity index (χ0n) is 10.2. The van der Waals surface area contributed by atoms with E-state index >= 15 is 0 Å². The van der Waals surface area contributed by atoms with Crippen LogP contribution in [-0.4, -0.2) is 28.2 Å². The first-order valence-corrected chi connectivity index (χ1v) is 9.49. The van der Waals surface area contributed by atoms with Crippen LogP contribution in [0.3, 0.4) is 0 Å². The van der Waals surface area contributed by atoms with Gasteiger partial charge >= 0.3 is 0 Å². The SMILES string of the molecule is O=C1C(O)C(C=C2SC=CS2)C(O)C1C=C1SC=CS1. The summed E-state index contributed by atoms with van der Waals surface area (Å²) < 4.78 is 1.98. The fraction of sp³-hybridized carbons (Fsp3) is 0.308. The lowest BCUT2D eigenvalue weighted by Gasteiger charge is -2.15. The average molecular weight is 345 g/mol. The van der Waals surface area contributed by atoms with Crippen LogP contribution < -0.4 is 0 Å². The molecule has 106 valence electrons. The average Bonchev–Trinajstić information content (AvgIpc) is 3.15. The van der Waals surface area contributed by atoms with Crippen LogP contribution in [0.15, 0.2) is 42.3 Å². The molecule has 4 unspecified atom stereocenters. The van der Waals surface area contributed by atoms with Crippen molar-refractivity contribution in [2.24, 2.45) is 11.8 Å². The molecule has 2 N–H and O–H groups in total. The first-order chi connectivity index (χ1) is 9.66. The maximum atomic E-state index is 12.1. The molecule has 1 aliphatic carbocycles. The summed E-state index contributed by atoms with van der Waals surface area (Å²) in [7, 11) is 0. The molecule has 7 heteroatoms. The molecule has 0 aromatic heterocycles. The third-order valence-electron chi connectivity index (χ3n) is 3.24. The standard InChI is InChI=1S/C13H12O3S4/c14-11-7(5-9-17-1-2-18-9)12(15)13(16)8(11)6-10-19-3-4-20-10/h1-8,11-12,14-15H. The molecular formula is C13H12O3S4. The van der Waals surface area contributed by atoms with Crippen molar-refractivity contribution in [3.63, 3.8) is 0 Å². The third-order valence-corrected chi connectivity index (χ3v) is 7.30. The minimum atomic E-state index is -1.12. The highest BCUT2D eigenvalue weighted by Crippen LogP contribution is 2.43. The number of ketones is 1. The van der Waals surface area contributed by atoms with E-state index in [4.69, 9.17) is 0 Å². The number of rotatable bonds is 2. The molecule has 2 heterocycles. The number of Topliss-reactive ketones (excluding diaryl/α,β-unsaturated/α-hetero) is 1. The first kappa shape index (κ1) is 14.9. The topological polar surface area (TPSA) is 57.5 Å². The van der Waals surface area contributed by atoms with Crippen LogP contribution in [0.5, 0.6) is 0 Å². The van der Waals surface area contributed by atoms with Gasteiger partial charge in [0.15, 0.2) is 5.78 Å². The predicted octanol–water partition coefficient (Wildman–Crippen LogP) is 3.11. The molecule has 4 atom stereocenters. The second kappa shape index (κ2) is 6.37. The van der Waals surface area contributed by atoms with Crippen molar-refractivity contribution >= 4 is 52.8 Å². The van der Waals surface area contributed by atoms with Gasteiger partial charge in [-0.1, -0.05) is 59.2 Å². The van der Waals surface area contributed by atoms with E-state index in [1.165, 1.54) is 23.5 Å². The van der Waals surface area contributed by atoms with Gasteiger partial charge in [0.05, 0.1) is 12.0 Å². The van der Waals surface area contributed by atoms with Gasteiger partial charge in [0.25, 0.3) is 0 Å². The van der Waals surface area contributed by atoms with E-state index in [0.717, 1.165) is 8.47 Å². The maximum absolute atomic E-state index is 12.1. The van der Waals surface area contributed by atoms with Crippen LogP contribution in [0.4, 0.5) is 0 Å². The molecule has 2 aliphatic heterocycles. The smallest absolute Gasteiger partial charge is 0.171 e. The molecule has 0 radical (unpaired) electrons. The summed E-state index contributed by atoms with van der Waals surface area (Å²) in [6, 6.07) is 0. The number of hydrogen-bond acceptors (Lipinski definition) is 7. The van der Waals surface area contributed by atoms with Gasteiger partial charge < -0.3 is 10.2 Å². The van der Waals surface area contributed by atoms with E-state index in [0.29, 0.717) is 0 Å². The molecule has 0 aromatic carbocycles. The van der Waals surface area contributed by atoms with Crippen LogP contribution in [-0.2, 0) is 4.79 Å². The fourth-order valence-corrected chi connectivity index (χ4v) is 5.71. The highest BCUT2D eigenvalue weighted by molar-refractivity contribution is 8.27. The zero-order valence-corrected chi connectivity index (χ0v) is 13.5. The van der Waals surface area contributed by atoms with Gasteiger partial charge in [-0.05, 0) is 21.6 Å². The van der Waals surface area contributed by atoms with Crippen LogP contribution >= 0.6 is 47.0 Å². The summed E-state index contributed by atoms with van der Waals surface area (Å²) in [5.41, 5.74) is 0. The molecule has 0 aromatic rings. The quantitative estimate of drug-likeness (QED) is 0.798. The highest BCUT2D eigenvalue weighted by Gasteiger charge is 2.47. The zero-order chi connectivity index (χ0) is 14.1. The lowest BCUT2D eigenvalue weighted by Crippen LogP contribution is -2.23. The molecule has 0 bridgehead atoms. The minimum absolute atomic E-state index is 0.291. The van der Waals surface area contributed by atoms with Crippen molar-refractivity contribution in [2.75, 3.05) is 0 Å². The Bertz CT molecular complexity index is 518. The van der Waals surface area contributed by atoms with Gasteiger partial charge in [-0.25, -0.2) is 0 Å². The van der Waals surface area contributed by atoms with Crippen molar-refractivity contribution in [1.29, 1.82) is 0 Å². The Hall–Kier alpha value is -0.0500. The van der Waals surface area contributed by atoms with Crippen LogP contribution in [0.25, 0.3) is 0 Å². The monoisotopic (exact) mass is 344 g/mol. The van der Waals surface area contributed by atoms with Crippen LogP contribution in [0, 0.1) is 11.8 Å². The molecule has 3 aliphatic rings. The maximum Gasteiger partial charge on any atom is 0.171 e. The number of carbonyl (C=O) groups excluding carboxylic acids is 1. The van der Waals surface area contributed by atoms with Crippen molar-refractivity contribution in [3.8, 4) is 0 Å². The van der Waals surface area contributed by atoms with Crippen molar-refractivity contribution in [3.05, 3.63) is 42.3 Å². The van der Waals surface area contributed by atoms with E-state index in [2.05, 4.69) is 0 Å². The fourth-order valence-electron chi connectivity index (χ4n) is 2.25. The number of thioether (sulfide) groups is 4. The summed E-state index contributed by atoms with van der Waals surface area (Å²) in [4.78, 5) is 12.1. The van der Waals surface area contributed by atoms with Gasteiger partial charge in [-0.2, -0.15) is 0 Å². The molecule has 1 saturated carbocycles. The van der Waals surface area contributed by atoms with Crippen molar-refractivity contribution in [2.45, 2.75) is 12.2 Å². The molecule has 20 heavy (non-hydrogen) atoms. The van der Waals surface area contributed by atoms with E-state index in [1.54, 1.807) is 29.6 Å². The van der Waals surface area contributed by atoms with Gasteiger partial charge in [-0.3, -0.25) is 4.79 Å².